The number of aromatic nitrogens is 1. The van der Waals surface area contributed by atoms with Crippen molar-refractivity contribution in [2.24, 2.45) is 0 Å². The van der Waals surface area contributed by atoms with Crippen LogP contribution in [0, 0.1) is 0 Å². The summed E-state index contributed by atoms with van der Waals surface area (Å²) in [5, 5.41) is 2.71. The van der Waals surface area contributed by atoms with Crippen LogP contribution in [0.4, 0.5) is 0 Å². The molecule has 1 aromatic rings. The summed E-state index contributed by atoms with van der Waals surface area (Å²) < 4.78 is 0. The minimum atomic E-state index is -0.400. The smallest absolute Gasteiger partial charge is 0.255 e. The predicted octanol–water partition coefficient (Wildman–Crippen LogP) is 0.0347. The molecule has 1 N–H and O–H groups in total. The zero-order valence-electron chi connectivity index (χ0n) is 12.9. The maximum absolute atomic E-state index is 12.5. The highest BCUT2D eigenvalue weighted by molar-refractivity contribution is 5.94. The fourth-order valence-corrected chi connectivity index (χ4v) is 3.03. The SMILES string of the molecule is O=C1CCC(C(=O)N2CCCN(C(=O)c3cccnc3)CC2)N1. The average molecular weight is 316 g/mol. The Morgan fingerprint density at radius 2 is 1.96 bits per heavy atom. The van der Waals surface area contributed by atoms with Gasteiger partial charge in [0.2, 0.25) is 11.8 Å². The predicted molar refractivity (Wildman–Crippen MR) is 82.5 cm³/mol. The third-order valence-electron chi connectivity index (χ3n) is 4.30. The number of rotatable bonds is 2. The van der Waals surface area contributed by atoms with Crippen LogP contribution in [0.1, 0.15) is 29.6 Å². The van der Waals surface area contributed by atoms with Crippen LogP contribution >= 0.6 is 0 Å². The summed E-state index contributed by atoms with van der Waals surface area (Å²) >= 11 is 0. The van der Waals surface area contributed by atoms with Crippen LogP contribution in [-0.4, -0.2) is 64.7 Å². The molecule has 0 bridgehead atoms. The zero-order valence-corrected chi connectivity index (χ0v) is 12.9. The number of nitrogens with zero attached hydrogens (tertiary/aromatic N) is 3. The molecule has 23 heavy (non-hydrogen) atoms. The lowest BCUT2D eigenvalue weighted by molar-refractivity contribution is -0.134. The van der Waals surface area contributed by atoms with Gasteiger partial charge in [-0.3, -0.25) is 19.4 Å². The summed E-state index contributed by atoms with van der Waals surface area (Å²) in [6, 6.07) is 3.09. The van der Waals surface area contributed by atoms with E-state index in [1.165, 1.54) is 0 Å². The van der Waals surface area contributed by atoms with Gasteiger partial charge in [-0.25, -0.2) is 0 Å². The van der Waals surface area contributed by atoms with Crippen molar-refractivity contribution >= 4 is 17.7 Å². The minimum Gasteiger partial charge on any atom is -0.344 e. The van der Waals surface area contributed by atoms with Gasteiger partial charge in [-0.15, -0.1) is 0 Å². The van der Waals surface area contributed by atoms with Crippen molar-refractivity contribution in [3.8, 4) is 0 Å². The molecular weight excluding hydrogens is 296 g/mol. The van der Waals surface area contributed by atoms with Gasteiger partial charge < -0.3 is 15.1 Å². The standard InChI is InChI=1S/C16H20N4O3/c21-14-5-4-13(18-14)16(23)20-8-2-7-19(9-10-20)15(22)12-3-1-6-17-11-12/h1,3,6,11,13H,2,4-5,7-10H2,(H,18,21). The molecule has 0 aliphatic carbocycles. The zero-order chi connectivity index (χ0) is 16.2. The lowest BCUT2D eigenvalue weighted by atomic mass is 10.2. The number of carbonyl (C=O) groups is 3. The summed E-state index contributed by atoms with van der Waals surface area (Å²) in [7, 11) is 0. The van der Waals surface area contributed by atoms with Gasteiger partial charge in [0.05, 0.1) is 5.56 Å². The molecule has 3 heterocycles. The van der Waals surface area contributed by atoms with Crippen LogP contribution < -0.4 is 5.32 Å². The van der Waals surface area contributed by atoms with Crippen LogP contribution in [0.2, 0.25) is 0 Å². The van der Waals surface area contributed by atoms with Crippen molar-refractivity contribution in [1.29, 1.82) is 0 Å². The second-order valence-electron chi connectivity index (χ2n) is 5.87. The minimum absolute atomic E-state index is 0.0356. The number of amides is 3. The molecule has 3 rings (SSSR count). The van der Waals surface area contributed by atoms with Crippen LogP contribution in [0.15, 0.2) is 24.5 Å². The molecule has 7 nitrogen and oxygen atoms in total. The molecule has 0 spiro atoms. The highest BCUT2D eigenvalue weighted by Gasteiger charge is 2.32. The fourth-order valence-electron chi connectivity index (χ4n) is 3.03. The van der Waals surface area contributed by atoms with Gasteiger partial charge in [0.25, 0.3) is 5.91 Å². The summed E-state index contributed by atoms with van der Waals surface area (Å²) in [5.41, 5.74) is 0.565. The van der Waals surface area contributed by atoms with Crippen molar-refractivity contribution in [3.05, 3.63) is 30.1 Å². The monoisotopic (exact) mass is 316 g/mol. The number of pyridine rings is 1. The quantitative estimate of drug-likeness (QED) is 0.835. The van der Waals surface area contributed by atoms with E-state index in [1.807, 2.05) is 0 Å². The van der Waals surface area contributed by atoms with Crippen molar-refractivity contribution in [2.45, 2.75) is 25.3 Å². The Morgan fingerprint density at radius 1 is 1.17 bits per heavy atom. The first-order valence-corrected chi connectivity index (χ1v) is 7.92. The van der Waals surface area contributed by atoms with Gasteiger partial charge in [0.1, 0.15) is 6.04 Å². The van der Waals surface area contributed by atoms with E-state index in [1.54, 1.807) is 34.3 Å². The Kier molecular flexibility index (Phi) is 4.55. The Hall–Kier alpha value is -2.44. The number of nitrogens with one attached hydrogen (secondary N) is 1. The van der Waals surface area contributed by atoms with Gasteiger partial charge in [-0.2, -0.15) is 0 Å². The van der Waals surface area contributed by atoms with Gasteiger partial charge >= 0.3 is 0 Å². The van der Waals surface area contributed by atoms with E-state index < -0.39 is 6.04 Å². The Balaban J connectivity index is 1.60. The van der Waals surface area contributed by atoms with E-state index in [-0.39, 0.29) is 17.7 Å². The van der Waals surface area contributed by atoms with Gasteiger partial charge in [0.15, 0.2) is 0 Å². The van der Waals surface area contributed by atoms with Gasteiger partial charge in [-0.05, 0) is 25.0 Å². The molecule has 0 saturated carbocycles. The summed E-state index contributed by atoms with van der Waals surface area (Å²) in [4.78, 5) is 43.7. The molecular formula is C16H20N4O3. The summed E-state index contributed by atoms with van der Waals surface area (Å²) in [6.07, 6.45) is 4.90. The summed E-state index contributed by atoms with van der Waals surface area (Å²) in [6.45, 7) is 2.23. The second-order valence-corrected chi connectivity index (χ2v) is 5.87. The molecule has 2 aliphatic rings. The third kappa shape index (κ3) is 3.49. The Morgan fingerprint density at radius 3 is 2.65 bits per heavy atom. The number of hydrogen-bond donors (Lipinski definition) is 1. The van der Waals surface area contributed by atoms with Crippen LogP contribution in [0.3, 0.4) is 0 Å². The molecule has 0 radical (unpaired) electrons. The fraction of sp³-hybridized carbons (Fsp3) is 0.500. The van der Waals surface area contributed by atoms with Crippen molar-refractivity contribution in [1.82, 2.24) is 20.1 Å². The molecule has 7 heteroatoms. The van der Waals surface area contributed by atoms with E-state index in [0.29, 0.717) is 44.6 Å². The van der Waals surface area contributed by atoms with E-state index in [0.717, 1.165) is 6.42 Å². The van der Waals surface area contributed by atoms with Crippen molar-refractivity contribution in [3.63, 3.8) is 0 Å². The second kappa shape index (κ2) is 6.76. The molecule has 122 valence electrons. The normalized spacial score (nSPS) is 21.7. The Labute approximate surface area is 134 Å². The molecule has 2 fully saturated rings. The van der Waals surface area contributed by atoms with Gasteiger partial charge in [-0.1, -0.05) is 0 Å². The third-order valence-corrected chi connectivity index (χ3v) is 4.30. The number of hydrogen-bond acceptors (Lipinski definition) is 4. The highest BCUT2D eigenvalue weighted by atomic mass is 16.2. The molecule has 2 aliphatic heterocycles. The van der Waals surface area contributed by atoms with Gasteiger partial charge in [0, 0.05) is 45.0 Å². The van der Waals surface area contributed by atoms with Crippen LogP contribution in [-0.2, 0) is 9.59 Å². The summed E-state index contributed by atoms with van der Waals surface area (Å²) in [5.74, 6) is -0.153. The maximum atomic E-state index is 12.5. The molecule has 0 aromatic carbocycles. The van der Waals surface area contributed by atoms with Crippen LogP contribution in [0.25, 0.3) is 0 Å². The number of carbonyl (C=O) groups excluding carboxylic acids is 3. The van der Waals surface area contributed by atoms with E-state index in [4.69, 9.17) is 0 Å². The molecule has 3 amide bonds. The van der Waals surface area contributed by atoms with E-state index in [2.05, 4.69) is 10.3 Å². The first kappa shape index (κ1) is 15.5. The molecule has 1 atom stereocenters. The van der Waals surface area contributed by atoms with Crippen molar-refractivity contribution < 1.29 is 14.4 Å². The van der Waals surface area contributed by atoms with Crippen molar-refractivity contribution in [2.75, 3.05) is 26.2 Å². The molecule has 1 aromatic heterocycles. The highest BCUT2D eigenvalue weighted by Crippen LogP contribution is 2.13. The van der Waals surface area contributed by atoms with Crippen LogP contribution in [0.5, 0.6) is 0 Å². The first-order chi connectivity index (χ1) is 11.1. The Bertz CT molecular complexity index is 605. The lowest BCUT2D eigenvalue weighted by Crippen LogP contribution is -2.46. The molecule has 2 saturated heterocycles. The first-order valence-electron chi connectivity index (χ1n) is 7.92. The van der Waals surface area contributed by atoms with E-state index >= 15 is 0 Å². The largest absolute Gasteiger partial charge is 0.344 e. The van der Waals surface area contributed by atoms with E-state index in [9.17, 15) is 14.4 Å². The molecule has 1 unspecified atom stereocenters. The maximum Gasteiger partial charge on any atom is 0.255 e. The topological polar surface area (TPSA) is 82.6 Å². The lowest BCUT2D eigenvalue weighted by Gasteiger charge is -2.24. The average Bonchev–Trinajstić information content (AvgIpc) is 2.87.